The minimum atomic E-state index is -0.703. The summed E-state index contributed by atoms with van der Waals surface area (Å²) in [6, 6.07) is 13.8. The van der Waals surface area contributed by atoms with Gasteiger partial charge in [-0.25, -0.2) is 9.48 Å². The second-order valence-corrected chi connectivity index (χ2v) is 7.92. The molecule has 1 unspecified atom stereocenters. The lowest BCUT2D eigenvalue weighted by atomic mass is 10.0. The molecule has 1 atom stereocenters. The van der Waals surface area contributed by atoms with Crippen LogP contribution >= 0.6 is 0 Å². The van der Waals surface area contributed by atoms with Crippen molar-refractivity contribution in [2.24, 2.45) is 0 Å². The van der Waals surface area contributed by atoms with E-state index in [0.29, 0.717) is 36.9 Å². The molecule has 0 radical (unpaired) electrons. The third-order valence-corrected chi connectivity index (χ3v) is 6.10. The molecule has 0 N–H and O–H groups in total. The van der Waals surface area contributed by atoms with Crippen LogP contribution < -0.4 is 11.3 Å². The molecular weight excluding hydrogens is 396 g/mol. The smallest absolute Gasteiger partial charge is 0.408 e. The van der Waals surface area contributed by atoms with Crippen molar-refractivity contribution in [3.8, 4) is 0 Å². The van der Waals surface area contributed by atoms with E-state index in [1.54, 1.807) is 40.8 Å². The highest BCUT2D eigenvalue weighted by atomic mass is 16.4. The van der Waals surface area contributed by atoms with Crippen molar-refractivity contribution in [2.45, 2.75) is 31.8 Å². The molecule has 2 aromatic carbocycles. The average molecular weight is 418 g/mol. The first-order valence-electron chi connectivity index (χ1n) is 10.4. The number of amides is 1. The number of oxazole rings is 1. The molecule has 2 aromatic heterocycles. The maximum Gasteiger partial charge on any atom is 0.420 e. The second kappa shape index (κ2) is 7.54. The van der Waals surface area contributed by atoms with Crippen molar-refractivity contribution in [3.05, 3.63) is 75.6 Å². The Morgan fingerprint density at radius 3 is 2.58 bits per heavy atom. The van der Waals surface area contributed by atoms with Crippen molar-refractivity contribution in [3.63, 3.8) is 0 Å². The largest absolute Gasteiger partial charge is 0.420 e. The predicted molar refractivity (Wildman–Crippen MR) is 116 cm³/mol. The predicted octanol–water partition coefficient (Wildman–Crippen LogP) is 2.73. The number of piperidine rings is 1. The Balaban J connectivity index is 1.34. The van der Waals surface area contributed by atoms with Gasteiger partial charge in [0.25, 0.3) is 5.56 Å². The highest BCUT2D eigenvalue weighted by molar-refractivity contribution is 5.82. The highest BCUT2D eigenvalue weighted by Crippen LogP contribution is 2.26. The van der Waals surface area contributed by atoms with Crippen LogP contribution in [0.5, 0.6) is 0 Å². The number of aromatic nitrogens is 3. The molecule has 1 aliphatic heterocycles. The number of nitrogens with zero attached hydrogens (tertiary/aromatic N) is 4. The molecule has 1 aliphatic rings. The minimum absolute atomic E-state index is 0.0305. The van der Waals surface area contributed by atoms with Gasteiger partial charge in [0.1, 0.15) is 6.04 Å². The van der Waals surface area contributed by atoms with Crippen molar-refractivity contribution in [1.82, 2.24) is 19.2 Å². The van der Waals surface area contributed by atoms with Gasteiger partial charge < -0.3 is 9.32 Å². The zero-order valence-corrected chi connectivity index (χ0v) is 17.1. The summed E-state index contributed by atoms with van der Waals surface area (Å²) in [6.07, 6.45) is 2.90. The number of carbonyl (C=O) groups excluding carboxylic acids is 1. The van der Waals surface area contributed by atoms with E-state index >= 15 is 0 Å². The fraction of sp³-hybridized carbons (Fsp3) is 0.304. The Morgan fingerprint density at radius 1 is 1.06 bits per heavy atom. The quantitative estimate of drug-likeness (QED) is 0.510. The number of likely N-dealkylation sites (tertiary alicyclic amines) is 1. The fourth-order valence-corrected chi connectivity index (χ4v) is 4.42. The number of carbonyl (C=O) groups is 1. The second-order valence-electron chi connectivity index (χ2n) is 7.92. The summed E-state index contributed by atoms with van der Waals surface area (Å²) in [4.78, 5) is 40.0. The molecular formula is C23H22N4O4. The van der Waals surface area contributed by atoms with Crippen LogP contribution in [0, 0.1) is 0 Å². The third kappa shape index (κ3) is 3.24. The fourth-order valence-electron chi connectivity index (χ4n) is 4.42. The normalized spacial score (nSPS) is 16.1. The molecule has 8 nitrogen and oxygen atoms in total. The number of benzene rings is 2. The number of para-hydroxylation sites is 2. The molecule has 0 bridgehead atoms. The van der Waals surface area contributed by atoms with Gasteiger partial charge in [-0.1, -0.05) is 30.3 Å². The summed E-state index contributed by atoms with van der Waals surface area (Å²) >= 11 is 0. The molecule has 3 heterocycles. The first kappa shape index (κ1) is 19.3. The van der Waals surface area contributed by atoms with Gasteiger partial charge in [0, 0.05) is 24.5 Å². The lowest BCUT2D eigenvalue weighted by Crippen LogP contribution is -2.44. The van der Waals surface area contributed by atoms with E-state index in [1.807, 2.05) is 30.3 Å². The van der Waals surface area contributed by atoms with Gasteiger partial charge in [0.2, 0.25) is 5.91 Å². The van der Waals surface area contributed by atoms with Crippen LogP contribution in [0.2, 0.25) is 0 Å². The Hall–Kier alpha value is -3.68. The van der Waals surface area contributed by atoms with Crippen molar-refractivity contribution in [2.75, 3.05) is 13.1 Å². The van der Waals surface area contributed by atoms with Crippen molar-refractivity contribution in [1.29, 1.82) is 0 Å². The van der Waals surface area contributed by atoms with Crippen LogP contribution in [-0.4, -0.2) is 38.2 Å². The molecule has 0 saturated carbocycles. The van der Waals surface area contributed by atoms with E-state index in [2.05, 4.69) is 5.10 Å². The van der Waals surface area contributed by atoms with Gasteiger partial charge in [-0.3, -0.25) is 14.2 Å². The van der Waals surface area contributed by atoms with Gasteiger partial charge in [-0.05, 0) is 38.0 Å². The number of hydrogen-bond donors (Lipinski definition) is 0. The molecule has 0 spiro atoms. The first-order valence-corrected chi connectivity index (χ1v) is 10.4. The first-order chi connectivity index (χ1) is 15.0. The van der Waals surface area contributed by atoms with Gasteiger partial charge in [0.15, 0.2) is 5.58 Å². The number of hydrogen-bond acceptors (Lipinski definition) is 5. The summed E-state index contributed by atoms with van der Waals surface area (Å²) in [6.45, 7) is 2.70. The summed E-state index contributed by atoms with van der Waals surface area (Å²) in [7, 11) is 0. The lowest BCUT2D eigenvalue weighted by Gasteiger charge is -2.33. The Kier molecular flexibility index (Phi) is 4.69. The standard InChI is InChI=1S/C23H22N4O4/c1-15(27-22(29)18-7-3-2-6-16(18)14-24-27)21(28)25-12-10-17(11-13-25)26-19-8-4-5-9-20(19)31-23(26)30/h2-9,14-15,17H,10-13H2,1H3. The summed E-state index contributed by atoms with van der Waals surface area (Å²) in [5, 5.41) is 5.52. The van der Waals surface area contributed by atoms with Crippen LogP contribution in [0.25, 0.3) is 21.9 Å². The number of fused-ring (bicyclic) bond motifs is 2. The van der Waals surface area contributed by atoms with Gasteiger partial charge in [0.05, 0.1) is 17.1 Å². The van der Waals surface area contributed by atoms with Gasteiger partial charge in [-0.15, -0.1) is 0 Å². The average Bonchev–Trinajstić information content (AvgIpc) is 3.14. The van der Waals surface area contributed by atoms with Crippen molar-refractivity contribution >= 4 is 27.8 Å². The maximum atomic E-state index is 13.1. The van der Waals surface area contributed by atoms with E-state index in [9.17, 15) is 14.4 Å². The molecule has 5 rings (SSSR count). The van der Waals surface area contributed by atoms with Gasteiger partial charge in [-0.2, -0.15) is 5.10 Å². The molecule has 1 saturated heterocycles. The lowest BCUT2D eigenvalue weighted by molar-refractivity contribution is -0.136. The van der Waals surface area contributed by atoms with Crippen molar-refractivity contribution < 1.29 is 9.21 Å². The monoisotopic (exact) mass is 418 g/mol. The van der Waals surface area contributed by atoms with Crippen LogP contribution in [0.1, 0.15) is 31.8 Å². The summed E-state index contributed by atoms with van der Waals surface area (Å²) in [5.41, 5.74) is 1.07. The topological polar surface area (TPSA) is 90.3 Å². The van der Waals surface area contributed by atoms with E-state index in [4.69, 9.17) is 4.42 Å². The van der Waals surface area contributed by atoms with E-state index in [0.717, 1.165) is 10.9 Å². The van der Waals surface area contributed by atoms with E-state index < -0.39 is 6.04 Å². The van der Waals surface area contributed by atoms with E-state index in [1.165, 1.54) is 4.68 Å². The van der Waals surface area contributed by atoms with Crippen LogP contribution in [-0.2, 0) is 4.79 Å². The highest BCUT2D eigenvalue weighted by Gasteiger charge is 2.30. The zero-order chi connectivity index (χ0) is 21.5. The SMILES string of the molecule is CC(C(=O)N1CCC(n2c(=O)oc3ccccc32)CC1)n1ncc2ccccc2c1=O. The molecule has 1 fully saturated rings. The molecule has 31 heavy (non-hydrogen) atoms. The van der Waals surface area contributed by atoms with E-state index in [-0.39, 0.29) is 23.3 Å². The summed E-state index contributed by atoms with van der Waals surface area (Å²) < 4.78 is 8.30. The molecule has 8 heteroatoms. The van der Waals surface area contributed by atoms with Crippen LogP contribution in [0.15, 0.2) is 68.7 Å². The zero-order valence-electron chi connectivity index (χ0n) is 17.1. The van der Waals surface area contributed by atoms with Crippen LogP contribution in [0.4, 0.5) is 0 Å². The summed E-state index contributed by atoms with van der Waals surface area (Å²) in [5.74, 6) is -0.515. The maximum absolute atomic E-state index is 13.1. The molecule has 1 amide bonds. The molecule has 0 aliphatic carbocycles. The Morgan fingerprint density at radius 2 is 1.77 bits per heavy atom. The molecule has 4 aromatic rings. The van der Waals surface area contributed by atoms with Crippen LogP contribution in [0.3, 0.4) is 0 Å². The Labute approximate surface area is 177 Å². The third-order valence-electron chi connectivity index (χ3n) is 6.10. The number of rotatable bonds is 3. The Bertz CT molecular complexity index is 1390. The molecule has 158 valence electrons. The van der Waals surface area contributed by atoms with Gasteiger partial charge >= 0.3 is 5.76 Å². The minimum Gasteiger partial charge on any atom is -0.408 e.